The van der Waals surface area contributed by atoms with Crippen molar-refractivity contribution in [2.45, 2.75) is 5.41 Å². The predicted molar refractivity (Wildman–Crippen MR) is 321 cm³/mol. The summed E-state index contributed by atoms with van der Waals surface area (Å²) in [6.07, 6.45) is 0. The molecule has 0 N–H and O–H groups in total. The molecule has 2 aromatic heterocycles. The van der Waals surface area contributed by atoms with Crippen LogP contribution in [0.4, 0.5) is 0 Å². The predicted octanol–water partition coefficient (Wildman–Crippen LogP) is 15.3. The molecule has 0 bridgehead atoms. The third-order valence-corrected chi connectivity index (χ3v) is 21.3. The minimum atomic E-state index is -2.80. The van der Waals surface area contributed by atoms with Crippen molar-refractivity contribution in [2.24, 2.45) is 0 Å². The number of benzene rings is 12. The second-order valence-corrected chi connectivity index (χ2v) is 24.1. The van der Waals surface area contributed by atoms with Crippen LogP contribution in [0.5, 0.6) is 0 Å². The van der Waals surface area contributed by atoms with Crippen LogP contribution in [0.15, 0.2) is 303 Å². The van der Waals surface area contributed by atoms with E-state index in [9.17, 15) is 0 Å². The highest BCUT2D eigenvalue weighted by atomic mass is 28.3. The summed E-state index contributed by atoms with van der Waals surface area (Å²) in [6.45, 7) is 0. The van der Waals surface area contributed by atoms with Crippen LogP contribution < -0.4 is 20.7 Å². The van der Waals surface area contributed by atoms with Gasteiger partial charge in [-0.1, -0.05) is 255 Å². The summed E-state index contributed by atoms with van der Waals surface area (Å²) in [7, 11) is -2.80. The third kappa shape index (κ3) is 6.33. The van der Waals surface area contributed by atoms with Crippen molar-refractivity contribution in [1.82, 2.24) is 9.13 Å². The molecule has 3 heteroatoms. The van der Waals surface area contributed by atoms with Gasteiger partial charge in [0.15, 0.2) is 8.07 Å². The van der Waals surface area contributed by atoms with Gasteiger partial charge in [-0.05, 0) is 114 Å². The van der Waals surface area contributed by atoms with Crippen molar-refractivity contribution in [3.05, 3.63) is 326 Å². The Balaban J connectivity index is 0.936. The van der Waals surface area contributed by atoms with E-state index in [0.717, 1.165) is 11.4 Å². The SMILES string of the molecule is c1ccc(C2(c3ccccc3)c3ccccc3-c3c(-c4ccc5c(c4)c4ccccc4n5-c4cccc5c4c4ccccc4n5-c4cccc([Si](c5ccccc5)(c5ccccc5)c5ccccc5)c4)cccc32)cc1. The zero-order valence-electron chi connectivity index (χ0n) is 41.8. The maximum Gasteiger partial charge on any atom is 0.179 e. The van der Waals surface area contributed by atoms with E-state index in [1.54, 1.807) is 0 Å². The van der Waals surface area contributed by atoms with E-state index in [0.29, 0.717) is 0 Å². The van der Waals surface area contributed by atoms with Gasteiger partial charge in [0.25, 0.3) is 0 Å². The van der Waals surface area contributed by atoms with Gasteiger partial charge in [-0.15, -0.1) is 0 Å². The first kappa shape index (κ1) is 44.0. The summed E-state index contributed by atoms with van der Waals surface area (Å²) >= 11 is 0. The van der Waals surface area contributed by atoms with Gasteiger partial charge in [-0.3, -0.25) is 0 Å². The van der Waals surface area contributed by atoms with Gasteiger partial charge in [-0.2, -0.15) is 0 Å². The second-order valence-electron chi connectivity index (χ2n) is 20.3. The minimum absolute atomic E-state index is 0.472. The molecule has 0 aliphatic heterocycles. The molecule has 356 valence electrons. The number of fused-ring (bicyclic) bond motifs is 9. The lowest BCUT2D eigenvalue weighted by Crippen LogP contribution is -2.74. The Kier molecular flexibility index (Phi) is 10.2. The summed E-state index contributed by atoms with van der Waals surface area (Å²) in [5.41, 5.74) is 16.7. The van der Waals surface area contributed by atoms with Crippen molar-refractivity contribution >= 4 is 72.4 Å². The van der Waals surface area contributed by atoms with Crippen LogP contribution in [0.2, 0.25) is 0 Å². The molecule has 0 unspecified atom stereocenters. The van der Waals surface area contributed by atoms with E-state index in [2.05, 4.69) is 312 Å². The van der Waals surface area contributed by atoms with Crippen LogP contribution in [0.1, 0.15) is 22.3 Å². The molecule has 0 saturated carbocycles. The standard InChI is InChI=1S/C73H50N2Si/c1-6-25-52(26-7-1)73(53-27-8-2-9-28-53)64-41-19-16-38-61(64)71-59(40-23-42-65(71)73)51-47-48-68-63(49-51)60-37-17-20-43-66(60)75(68)70-46-24-45-69-72(70)62-39-18-21-44-67(62)74(69)54-29-22-36-58(50-54)76(55-30-10-3-11-31-55,56-32-12-4-13-33-56)57-34-14-5-15-35-57/h1-50H. The summed E-state index contributed by atoms with van der Waals surface area (Å²) in [5.74, 6) is 0. The maximum atomic E-state index is 2.52. The number of hydrogen-bond donors (Lipinski definition) is 0. The highest BCUT2D eigenvalue weighted by Crippen LogP contribution is 2.58. The van der Waals surface area contributed by atoms with Crippen LogP contribution in [0, 0.1) is 0 Å². The first-order chi connectivity index (χ1) is 37.7. The Hall–Kier alpha value is -9.54. The van der Waals surface area contributed by atoms with Gasteiger partial charge in [0.1, 0.15) is 0 Å². The van der Waals surface area contributed by atoms with Gasteiger partial charge in [-0.25, -0.2) is 0 Å². The molecule has 15 rings (SSSR count). The summed E-state index contributed by atoms with van der Waals surface area (Å²) in [5, 5.41) is 10.3. The molecular weight excluding hydrogens is 933 g/mol. The fourth-order valence-electron chi connectivity index (χ4n) is 13.5. The average molecular weight is 983 g/mol. The molecule has 0 atom stereocenters. The quantitative estimate of drug-likeness (QED) is 0.101. The van der Waals surface area contributed by atoms with E-state index in [1.807, 2.05) is 0 Å². The van der Waals surface area contributed by atoms with Crippen molar-refractivity contribution in [1.29, 1.82) is 0 Å². The van der Waals surface area contributed by atoms with E-state index < -0.39 is 13.5 Å². The monoisotopic (exact) mass is 982 g/mol. The number of rotatable bonds is 9. The Morgan fingerprint density at radius 1 is 0.289 bits per heavy atom. The normalized spacial score (nSPS) is 12.8. The lowest BCUT2D eigenvalue weighted by molar-refractivity contribution is 0.768. The van der Waals surface area contributed by atoms with Gasteiger partial charge >= 0.3 is 0 Å². The summed E-state index contributed by atoms with van der Waals surface area (Å²) in [4.78, 5) is 0. The second kappa shape index (κ2) is 17.6. The number of nitrogens with zero attached hydrogens (tertiary/aromatic N) is 2. The Bertz CT molecular complexity index is 4360. The molecule has 76 heavy (non-hydrogen) atoms. The fourth-order valence-corrected chi connectivity index (χ4v) is 18.3. The molecule has 14 aromatic rings. The first-order valence-corrected chi connectivity index (χ1v) is 28.4. The Morgan fingerprint density at radius 2 is 0.763 bits per heavy atom. The lowest BCUT2D eigenvalue weighted by atomic mass is 9.67. The zero-order valence-corrected chi connectivity index (χ0v) is 42.8. The lowest BCUT2D eigenvalue weighted by Gasteiger charge is -2.34. The van der Waals surface area contributed by atoms with Gasteiger partial charge in [0, 0.05) is 27.2 Å². The fraction of sp³-hybridized carbons (Fsp3) is 0.0137. The van der Waals surface area contributed by atoms with Crippen LogP contribution in [0.3, 0.4) is 0 Å². The molecule has 1 aliphatic rings. The van der Waals surface area contributed by atoms with E-state index in [4.69, 9.17) is 0 Å². The van der Waals surface area contributed by atoms with Crippen LogP contribution in [-0.2, 0) is 5.41 Å². The molecule has 12 aromatic carbocycles. The topological polar surface area (TPSA) is 9.86 Å². The van der Waals surface area contributed by atoms with Crippen LogP contribution in [0.25, 0.3) is 77.2 Å². The Labute approximate surface area is 443 Å². The first-order valence-electron chi connectivity index (χ1n) is 26.4. The van der Waals surface area contributed by atoms with Crippen molar-refractivity contribution in [3.8, 4) is 33.6 Å². The third-order valence-electron chi connectivity index (χ3n) is 16.5. The average Bonchev–Trinajstić information content (AvgIpc) is 4.21. The maximum absolute atomic E-state index is 2.80. The Morgan fingerprint density at radius 3 is 1.42 bits per heavy atom. The molecule has 2 heterocycles. The van der Waals surface area contributed by atoms with Crippen molar-refractivity contribution in [3.63, 3.8) is 0 Å². The largest absolute Gasteiger partial charge is 0.309 e. The number of aromatic nitrogens is 2. The van der Waals surface area contributed by atoms with Crippen LogP contribution in [-0.4, -0.2) is 17.2 Å². The summed E-state index contributed by atoms with van der Waals surface area (Å²) in [6, 6.07) is 113. The van der Waals surface area contributed by atoms with Gasteiger partial charge in [0.2, 0.25) is 0 Å². The molecule has 1 aliphatic carbocycles. The van der Waals surface area contributed by atoms with E-state index >= 15 is 0 Å². The minimum Gasteiger partial charge on any atom is -0.309 e. The van der Waals surface area contributed by atoms with Crippen molar-refractivity contribution < 1.29 is 0 Å². The molecular formula is C73H50N2Si. The van der Waals surface area contributed by atoms with Gasteiger partial charge in [0.05, 0.1) is 33.2 Å². The molecule has 0 saturated heterocycles. The van der Waals surface area contributed by atoms with Crippen LogP contribution >= 0.6 is 0 Å². The molecule has 0 radical (unpaired) electrons. The highest BCUT2D eigenvalue weighted by molar-refractivity contribution is 7.19. The van der Waals surface area contributed by atoms with Gasteiger partial charge < -0.3 is 9.13 Å². The highest BCUT2D eigenvalue weighted by Gasteiger charge is 2.47. The smallest absolute Gasteiger partial charge is 0.179 e. The molecule has 0 amide bonds. The van der Waals surface area contributed by atoms with E-state index in [1.165, 1.54) is 109 Å². The van der Waals surface area contributed by atoms with Crippen molar-refractivity contribution in [2.75, 3.05) is 0 Å². The molecule has 0 fully saturated rings. The number of para-hydroxylation sites is 2. The zero-order chi connectivity index (χ0) is 50.2. The van der Waals surface area contributed by atoms with E-state index in [-0.39, 0.29) is 0 Å². The summed E-state index contributed by atoms with van der Waals surface area (Å²) < 4.78 is 5.02. The molecule has 0 spiro atoms. The number of hydrogen-bond acceptors (Lipinski definition) is 0. The molecule has 2 nitrogen and oxygen atoms in total.